The molecular formula is C18H19N3O4S. The van der Waals surface area contributed by atoms with Gasteiger partial charge >= 0.3 is 0 Å². The Morgan fingerprint density at radius 1 is 1.04 bits per heavy atom. The Labute approximate surface area is 156 Å². The molecule has 26 heavy (non-hydrogen) atoms. The summed E-state index contributed by atoms with van der Waals surface area (Å²) in [6, 6.07) is 14.0. The zero-order valence-corrected chi connectivity index (χ0v) is 15.2. The first-order valence-corrected chi connectivity index (χ1v) is 8.13. The van der Waals surface area contributed by atoms with Crippen LogP contribution in [-0.4, -0.2) is 30.6 Å². The Kier molecular flexibility index (Phi) is 6.92. The number of rotatable bonds is 5. The van der Waals surface area contributed by atoms with E-state index in [0.29, 0.717) is 17.1 Å². The van der Waals surface area contributed by atoms with Crippen LogP contribution in [0.1, 0.15) is 15.9 Å². The molecule has 0 radical (unpaired) electrons. The van der Waals surface area contributed by atoms with Crippen LogP contribution in [0.4, 0.5) is 0 Å². The lowest BCUT2D eigenvalue weighted by Gasteiger charge is -2.12. The van der Waals surface area contributed by atoms with Gasteiger partial charge in [-0.2, -0.15) is 0 Å². The van der Waals surface area contributed by atoms with Crippen molar-refractivity contribution in [2.45, 2.75) is 6.92 Å². The van der Waals surface area contributed by atoms with Crippen LogP contribution in [0, 0.1) is 6.92 Å². The molecular weight excluding hydrogens is 354 g/mol. The number of ether oxygens (including phenoxy) is 2. The molecule has 2 aromatic carbocycles. The summed E-state index contributed by atoms with van der Waals surface area (Å²) < 4.78 is 10.5. The Morgan fingerprint density at radius 2 is 1.73 bits per heavy atom. The summed E-state index contributed by atoms with van der Waals surface area (Å²) >= 11 is 4.98. The molecule has 2 aromatic rings. The molecule has 0 fully saturated rings. The third-order valence-corrected chi connectivity index (χ3v) is 3.49. The number of hydrogen-bond acceptors (Lipinski definition) is 5. The molecule has 0 spiro atoms. The number of thiocarbonyl (C=S) groups is 1. The number of para-hydroxylation sites is 1. The lowest BCUT2D eigenvalue weighted by Crippen LogP contribution is -2.49. The van der Waals surface area contributed by atoms with E-state index in [1.54, 1.807) is 36.4 Å². The summed E-state index contributed by atoms with van der Waals surface area (Å²) in [6.45, 7) is 1.76. The minimum Gasteiger partial charge on any atom is -0.496 e. The third-order valence-electron chi connectivity index (χ3n) is 3.29. The maximum atomic E-state index is 12.2. The highest BCUT2D eigenvalue weighted by molar-refractivity contribution is 7.80. The number of carbonyl (C=O) groups is 2. The first kappa shape index (κ1) is 19.2. The smallest absolute Gasteiger partial charge is 0.276 e. The van der Waals surface area contributed by atoms with Gasteiger partial charge in [-0.3, -0.25) is 25.8 Å². The molecule has 0 heterocycles. The molecule has 0 aliphatic rings. The number of nitrogens with one attached hydrogen (secondary N) is 3. The van der Waals surface area contributed by atoms with E-state index in [0.717, 1.165) is 5.56 Å². The topological polar surface area (TPSA) is 88.7 Å². The second kappa shape index (κ2) is 9.38. The molecule has 136 valence electrons. The molecule has 3 N–H and O–H groups in total. The van der Waals surface area contributed by atoms with Gasteiger partial charge in [-0.05, 0) is 43.4 Å². The molecule has 7 nitrogen and oxygen atoms in total. The van der Waals surface area contributed by atoms with E-state index in [9.17, 15) is 9.59 Å². The number of benzene rings is 2. The summed E-state index contributed by atoms with van der Waals surface area (Å²) in [5.74, 6) is 0.103. The number of hydrogen-bond donors (Lipinski definition) is 3. The molecule has 0 saturated carbocycles. The lowest BCUT2D eigenvalue weighted by molar-refractivity contribution is -0.123. The van der Waals surface area contributed by atoms with Crippen LogP contribution < -0.4 is 25.6 Å². The lowest BCUT2D eigenvalue weighted by atomic mass is 10.2. The predicted octanol–water partition coefficient (Wildman–Crippen LogP) is 1.72. The SMILES string of the molecule is COc1ccccc1C(=O)NC(=S)NNC(=O)COc1ccc(C)cc1. The predicted molar refractivity (Wildman–Crippen MR) is 101 cm³/mol. The first-order valence-electron chi connectivity index (χ1n) is 7.72. The van der Waals surface area contributed by atoms with Crippen molar-refractivity contribution in [2.75, 3.05) is 13.7 Å². The van der Waals surface area contributed by atoms with Crippen LogP contribution in [0.2, 0.25) is 0 Å². The van der Waals surface area contributed by atoms with E-state index in [1.165, 1.54) is 7.11 Å². The van der Waals surface area contributed by atoms with Crippen LogP contribution in [0.25, 0.3) is 0 Å². The number of carbonyl (C=O) groups excluding carboxylic acids is 2. The Balaban J connectivity index is 1.76. The number of aryl methyl sites for hydroxylation is 1. The zero-order chi connectivity index (χ0) is 18.9. The standard InChI is InChI=1S/C18H19N3O4S/c1-12-7-9-13(10-8-12)25-11-16(22)20-21-18(26)19-17(23)14-5-3-4-6-15(14)24-2/h3-10H,11H2,1-2H3,(H,20,22)(H2,19,21,23,26). The van der Waals surface area contributed by atoms with Gasteiger partial charge in [-0.25, -0.2) is 0 Å². The molecule has 0 aliphatic heterocycles. The number of hydrazine groups is 1. The van der Waals surface area contributed by atoms with E-state index in [4.69, 9.17) is 21.7 Å². The van der Waals surface area contributed by atoms with Crippen molar-refractivity contribution in [1.29, 1.82) is 0 Å². The van der Waals surface area contributed by atoms with E-state index in [2.05, 4.69) is 16.2 Å². The monoisotopic (exact) mass is 373 g/mol. The molecule has 2 rings (SSSR count). The molecule has 8 heteroatoms. The van der Waals surface area contributed by atoms with Crippen molar-refractivity contribution in [1.82, 2.24) is 16.2 Å². The van der Waals surface area contributed by atoms with Crippen molar-refractivity contribution >= 4 is 29.1 Å². The van der Waals surface area contributed by atoms with Crippen molar-refractivity contribution in [3.05, 3.63) is 59.7 Å². The minimum atomic E-state index is -0.454. The van der Waals surface area contributed by atoms with Gasteiger partial charge in [0.25, 0.3) is 11.8 Å². The van der Waals surface area contributed by atoms with Crippen molar-refractivity contribution in [2.24, 2.45) is 0 Å². The van der Waals surface area contributed by atoms with Crippen LogP contribution in [-0.2, 0) is 4.79 Å². The maximum Gasteiger partial charge on any atom is 0.276 e. The van der Waals surface area contributed by atoms with Crippen molar-refractivity contribution in [3.8, 4) is 11.5 Å². The Morgan fingerprint density at radius 3 is 2.42 bits per heavy atom. The van der Waals surface area contributed by atoms with Gasteiger partial charge < -0.3 is 9.47 Å². The average Bonchev–Trinajstić information content (AvgIpc) is 2.65. The quantitative estimate of drug-likeness (QED) is 0.546. The van der Waals surface area contributed by atoms with E-state index in [-0.39, 0.29) is 11.7 Å². The van der Waals surface area contributed by atoms with Gasteiger partial charge in [-0.15, -0.1) is 0 Å². The summed E-state index contributed by atoms with van der Waals surface area (Å²) in [6.07, 6.45) is 0. The first-order chi connectivity index (χ1) is 12.5. The molecule has 0 unspecified atom stereocenters. The fourth-order valence-corrected chi connectivity index (χ4v) is 2.12. The molecule has 0 aliphatic carbocycles. The molecule has 0 atom stereocenters. The largest absolute Gasteiger partial charge is 0.496 e. The minimum absolute atomic E-state index is 0.0513. The van der Waals surface area contributed by atoms with Gasteiger partial charge in [0, 0.05) is 0 Å². The number of amides is 2. The summed E-state index contributed by atoms with van der Waals surface area (Å²) in [5.41, 5.74) is 6.22. The van der Waals surface area contributed by atoms with Gasteiger partial charge in [0.1, 0.15) is 11.5 Å². The zero-order valence-electron chi connectivity index (χ0n) is 14.4. The Hall–Kier alpha value is -3.13. The fraction of sp³-hybridized carbons (Fsp3) is 0.167. The normalized spacial score (nSPS) is 9.77. The fourth-order valence-electron chi connectivity index (χ4n) is 1.98. The van der Waals surface area contributed by atoms with Gasteiger partial charge in [0.15, 0.2) is 11.7 Å². The van der Waals surface area contributed by atoms with Crippen molar-refractivity contribution < 1.29 is 19.1 Å². The Bertz CT molecular complexity index is 793. The van der Waals surface area contributed by atoms with E-state index >= 15 is 0 Å². The van der Waals surface area contributed by atoms with Gasteiger partial charge in [0.2, 0.25) is 0 Å². The molecule has 0 bridgehead atoms. The van der Waals surface area contributed by atoms with Crippen LogP contribution in [0.5, 0.6) is 11.5 Å². The van der Waals surface area contributed by atoms with Gasteiger partial charge in [-0.1, -0.05) is 29.8 Å². The summed E-state index contributed by atoms with van der Waals surface area (Å²) in [4.78, 5) is 23.9. The highest BCUT2D eigenvalue weighted by Gasteiger charge is 2.13. The van der Waals surface area contributed by atoms with Crippen LogP contribution in [0.15, 0.2) is 48.5 Å². The summed E-state index contributed by atoms with van der Waals surface area (Å²) in [7, 11) is 1.47. The molecule has 0 saturated heterocycles. The second-order valence-electron chi connectivity index (χ2n) is 5.26. The van der Waals surface area contributed by atoms with Crippen molar-refractivity contribution in [3.63, 3.8) is 0 Å². The van der Waals surface area contributed by atoms with Crippen LogP contribution >= 0.6 is 12.2 Å². The highest BCUT2D eigenvalue weighted by Crippen LogP contribution is 2.16. The number of methoxy groups -OCH3 is 1. The molecule has 0 aromatic heterocycles. The van der Waals surface area contributed by atoms with Crippen LogP contribution in [0.3, 0.4) is 0 Å². The van der Waals surface area contributed by atoms with E-state index in [1.807, 2.05) is 19.1 Å². The average molecular weight is 373 g/mol. The van der Waals surface area contributed by atoms with Gasteiger partial charge in [0.05, 0.1) is 12.7 Å². The highest BCUT2D eigenvalue weighted by atomic mass is 32.1. The molecule has 2 amide bonds. The third kappa shape index (κ3) is 5.75. The van der Waals surface area contributed by atoms with E-state index < -0.39 is 11.8 Å². The summed E-state index contributed by atoms with van der Waals surface area (Å²) in [5, 5.41) is 2.40. The second-order valence-corrected chi connectivity index (χ2v) is 5.67. The maximum absolute atomic E-state index is 12.2.